The van der Waals surface area contributed by atoms with Crippen molar-refractivity contribution in [1.82, 2.24) is 4.90 Å². The van der Waals surface area contributed by atoms with Gasteiger partial charge in [0, 0.05) is 32.2 Å². The molecule has 1 amide bonds. The number of ether oxygens (including phenoxy) is 2. The van der Waals surface area contributed by atoms with Gasteiger partial charge in [-0.1, -0.05) is 19.3 Å². The molecule has 6 heteroatoms. The van der Waals surface area contributed by atoms with E-state index in [0.29, 0.717) is 6.10 Å². The summed E-state index contributed by atoms with van der Waals surface area (Å²) in [7, 11) is 3.46. The van der Waals surface area contributed by atoms with E-state index < -0.39 is 6.04 Å². The zero-order valence-corrected chi connectivity index (χ0v) is 14.9. The Hall–Kier alpha value is -0.360. The highest BCUT2D eigenvalue weighted by Crippen LogP contribution is 2.55. The monoisotopic (exact) mass is 334 g/mol. The SMILES string of the molecule is CCOC1CC(N(C)C(=O)C(N)COC)C12CCCCC2.Cl. The van der Waals surface area contributed by atoms with Gasteiger partial charge < -0.3 is 20.1 Å². The van der Waals surface area contributed by atoms with Crippen LogP contribution in [0.15, 0.2) is 0 Å². The number of nitrogens with two attached hydrogens (primary N) is 1. The van der Waals surface area contributed by atoms with Crippen LogP contribution in [0.1, 0.15) is 45.4 Å². The smallest absolute Gasteiger partial charge is 0.241 e. The van der Waals surface area contributed by atoms with Gasteiger partial charge in [0.2, 0.25) is 5.91 Å². The highest BCUT2D eigenvalue weighted by molar-refractivity contribution is 5.85. The minimum Gasteiger partial charge on any atom is -0.383 e. The van der Waals surface area contributed by atoms with Crippen molar-refractivity contribution in [3.63, 3.8) is 0 Å². The Kier molecular flexibility index (Phi) is 7.59. The molecule has 0 radical (unpaired) electrons. The molecule has 0 aliphatic heterocycles. The summed E-state index contributed by atoms with van der Waals surface area (Å²) < 4.78 is 11.0. The Morgan fingerprint density at radius 1 is 1.36 bits per heavy atom. The summed E-state index contributed by atoms with van der Waals surface area (Å²) in [6.45, 7) is 3.07. The highest BCUT2D eigenvalue weighted by atomic mass is 35.5. The average Bonchev–Trinajstić information content (AvgIpc) is 2.50. The molecular formula is C16H31ClN2O3. The molecule has 3 unspecified atom stereocenters. The van der Waals surface area contributed by atoms with E-state index >= 15 is 0 Å². The fraction of sp³-hybridized carbons (Fsp3) is 0.938. The van der Waals surface area contributed by atoms with Crippen molar-refractivity contribution in [3.8, 4) is 0 Å². The third-order valence-corrected chi connectivity index (χ3v) is 5.37. The molecule has 2 N–H and O–H groups in total. The van der Waals surface area contributed by atoms with E-state index in [2.05, 4.69) is 0 Å². The molecule has 130 valence electrons. The van der Waals surface area contributed by atoms with Crippen LogP contribution < -0.4 is 5.73 Å². The Morgan fingerprint density at radius 2 is 2.00 bits per heavy atom. The van der Waals surface area contributed by atoms with E-state index in [4.69, 9.17) is 15.2 Å². The maximum atomic E-state index is 12.4. The molecule has 0 aromatic rings. The topological polar surface area (TPSA) is 64.8 Å². The Bertz CT molecular complexity index is 361. The lowest BCUT2D eigenvalue weighted by Crippen LogP contribution is -2.67. The number of methoxy groups -OCH3 is 1. The maximum Gasteiger partial charge on any atom is 0.241 e. The summed E-state index contributed by atoms with van der Waals surface area (Å²) in [4.78, 5) is 14.3. The number of carbonyl (C=O) groups excluding carboxylic acids is 1. The molecule has 2 aliphatic rings. The van der Waals surface area contributed by atoms with Gasteiger partial charge in [0.25, 0.3) is 0 Å². The lowest BCUT2D eigenvalue weighted by atomic mass is 9.54. The molecule has 0 bridgehead atoms. The van der Waals surface area contributed by atoms with Gasteiger partial charge in [-0.05, 0) is 26.2 Å². The molecule has 3 atom stereocenters. The number of rotatable bonds is 6. The lowest BCUT2D eigenvalue weighted by molar-refractivity contribution is -0.186. The molecule has 0 saturated heterocycles. The van der Waals surface area contributed by atoms with E-state index in [1.807, 2.05) is 18.9 Å². The van der Waals surface area contributed by atoms with Gasteiger partial charge in [0.05, 0.1) is 12.7 Å². The number of halogens is 1. The van der Waals surface area contributed by atoms with Gasteiger partial charge >= 0.3 is 0 Å². The third kappa shape index (κ3) is 3.58. The van der Waals surface area contributed by atoms with Crippen molar-refractivity contribution >= 4 is 18.3 Å². The third-order valence-electron chi connectivity index (χ3n) is 5.37. The molecule has 2 fully saturated rings. The maximum absolute atomic E-state index is 12.4. The minimum absolute atomic E-state index is 0. The van der Waals surface area contributed by atoms with E-state index in [1.54, 1.807) is 7.11 Å². The van der Waals surface area contributed by atoms with Crippen LogP contribution in [0, 0.1) is 5.41 Å². The van der Waals surface area contributed by atoms with E-state index in [9.17, 15) is 4.79 Å². The zero-order chi connectivity index (χ0) is 15.5. The molecule has 2 rings (SSSR count). The first kappa shape index (κ1) is 19.7. The van der Waals surface area contributed by atoms with Crippen molar-refractivity contribution in [2.24, 2.45) is 11.1 Å². The van der Waals surface area contributed by atoms with Gasteiger partial charge in [-0.3, -0.25) is 4.79 Å². The minimum atomic E-state index is -0.563. The van der Waals surface area contributed by atoms with E-state index in [-0.39, 0.29) is 36.4 Å². The normalized spacial score (nSPS) is 27.6. The first-order valence-electron chi connectivity index (χ1n) is 8.19. The van der Waals surface area contributed by atoms with Crippen molar-refractivity contribution < 1.29 is 14.3 Å². The fourth-order valence-electron chi connectivity index (χ4n) is 4.24. The van der Waals surface area contributed by atoms with Gasteiger partial charge in [-0.25, -0.2) is 0 Å². The van der Waals surface area contributed by atoms with Crippen LogP contribution in [0.4, 0.5) is 0 Å². The molecule has 22 heavy (non-hydrogen) atoms. The van der Waals surface area contributed by atoms with Crippen LogP contribution in [-0.4, -0.2) is 56.4 Å². The molecule has 0 heterocycles. The van der Waals surface area contributed by atoms with Crippen molar-refractivity contribution in [1.29, 1.82) is 0 Å². The first-order chi connectivity index (χ1) is 10.1. The summed E-state index contributed by atoms with van der Waals surface area (Å²) in [5.74, 6) is -0.0123. The van der Waals surface area contributed by atoms with Gasteiger partial charge in [-0.15, -0.1) is 12.4 Å². The van der Waals surface area contributed by atoms with Crippen LogP contribution in [0.2, 0.25) is 0 Å². The molecule has 0 aromatic carbocycles. The number of hydrogen-bond acceptors (Lipinski definition) is 4. The largest absolute Gasteiger partial charge is 0.383 e. The number of amides is 1. The number of carbonyl (C=O) groups is 1. The molecule has 2 saturated carbocycles. The predicted molar refractivity (Wildman–Crippen MR) is 89.2 cm³/mol. The fourth-order valence-corrected chi connectivity index (χ4v) is 4.24. The number of likely N-dealkylation sites (N-methyl/N-ethyl adjacent to an activating group) is 1. The van der Waals surface area contributed by atoms with Crippen LogP contribution in [-0.2, 0) is 14.3 Å². The molecule has 5 nitrogen and oxygen atoms in total. The second kappa shape index (κ2) is 8.48. The van der Waals surface area contributed by atoms with Gasteiger partial charge in [0.1, 0.15) is 6.04 Å². The van der Waals surface area contributed by atoms with Crippen LogP contribution in [0.25, 0.3) is 0 Å². The van der Waals surface area contributed by atoms with Crippen LogP contribution in [0.3, 0.4) is 0 Å². The quantitative estimate of drug-likeness (QED) is 0.806. The van der Waals surface area contributed by atoms with Crippen LogP contribution in [0.5, 0.6) is 0 Å². The van der Waals surface area contributed by atoms with Crippen molar-refractivity contribution in [3.05, 3.63) is 0 Å². The zero-order valence-electron chi connectivity index (χ0n) is 14.0. The second-order valence-electron chi connectivity index (χ2n) is 6.50. The number of nitrogens with zero attached hydrogens (tertiary/aromatic N) is 1. The highest BCUT2D eigenvalue weighted by Gasteiger charge is 2.58. The average molecular weight is 335 g/mol. The van der Waals surface area contributed by atoms with Crippen molar-refractivity contribution in [2.45, 2.75) is 63.6 Å². The predicted octanol–water partition coefficient (Wildman–Crippen LogP) is 1.97. The summed E-state index contributed by atoms with van der Waals surface area (Å²) in [6.07, 6.45) is 7.36. The Morgan fingerprint density at radius 3 is 2.55 bits per heavy atom. The second-order valence-corrected chi connectivity index (χ2v) is 6.50. The summed E-state index contributed by atoms with van der Waals surface area (Å²) >= 11 is 0. The van der Waals surface area contributed by atoms with Gasteiger partial charge in [-0.2, -0.15) is 0 Å². The van der Waals surface area contributed by atoms with Crippen LogP contribution >= 0.6 is 12.4 Å². The lowest BCUT2D eigenvalue weighted by Gasteiger charge is -2.60. The standard InChI is InChI=1S/C16H30N2O3.ClH/c1-4-21-14-10-13(16(14)8-6-5-7-9-16)18(2)15(19)12(17)11-20-3;/h12-14H,4-11,17H2,1-3H3;1H. The van der Waals surface area contributed by atoms with Gasteiger partial charge in [0.15, 0.2) is 0 Å². The Labute approximate surface area is 140 Å². The summed E-state index contributed by atoms with van der Waals surface area (Å²) in [6, 6.07) is -0.295. The summed E-state index contributed by atoms with van der Waals surface area (Å²) in [5, 5.41) is 0. The Balaban J connectivity index is 0.00000242. The molecule has 0 aromatic heterocycles. The molecular weight excluding hydrogens is 304 g/mol. The van der Waals surface area contributed by atoms with Crippen molar-refractivity contribution in [2.75, 3.05) is 27.4 Å². The molecule has 1 spiro atoms. The molecule has 2 aliphatic carbocycles. The van der Waals surface area contributed by atoms with E-state index in [0.717, 1.165) is 13.0 Å². The summed E-state index contributed by atoms with van der Waals surface area (Å²) in [5.41, 5.74) is 6.07. The number of hydrogen-bond donors (Lipinski definition) is 1. The van der Waals surface area contributed by atoms with E-state index in [1.165, 1.54) is 32.1 Å². The first-order valence-corrected chi connectivity index (χ1v) is 8.19.